The van der Waals surface area contributed by atoms with Crippen molar-refractivity contribution in [3.63, 3.8) is 0 Å². The molecule has 0 aliphatic carbocycles. The number of hydrogen-bond donors (Lipinski definition) is 1. The van der Waals surface area contributed by atoms with Crippen LogP contribution >= 0.6 is 0 Å². The van der Waals surface area contributed by atoms with Gasteiger partial charge in [-0.25, -0.2) is 4.79 Å². The summed E-state index contributed by atoms with van der Waals surface area (Å²) < 4.78 is 50.5. The zero-order chi connectivity index (χ0) is 23.6. The molecule has 2 rings (SSSR count). The molecule has 0 spiro atoms. The summed E-state index contributed by atoms with van der Waals surface area (Å²) in [5.41, 5.74) is 1.26. The van der Waals surface area contributed by atoms with Gasteiger partial charge in [-0.05, 0) is 54.9 Å². The fraction of sp³-hybridized carbons (Fsp3) is 0.810. The Morgan fingerprint density at radius 1 is 1.29 bits per heavy atom. The van der Waals surface area contributed by atoms with Gasteiger partial charge in [0, 0.05) is 29.9 Å². The molecule has 0 unspecified atom stereocenters. The van der Waals surface area contributed by atoms with E-state index in [0.717, 1.165) is 10.2 Å². The molecule has 1 fully saturated rings. The van der Waals surface area contributed by atoms with Gasteiger partial charge < -0.3 is 19.7 Å². The average molecular weight is 449 g/mol. The van der Waals surface area contributed by atoms with Crippen molar-refractivity contribution in [3.05, 3.63) is 17.0 Å². The van der Waals surface area contributed by atoms with Gasteiger partial charge in [0.1, 0.15) is 12.1 Å². The molecule has 1 aromatic rings. The van der Waals surface area contributed by atoms with Crippen LogP contribution < -0.4 is 5.32 Å². The van der Waals surface area contributed by atoms with Gasteiger partial charge in [0.2, 0.25) is 0 Å². The molecule has 10 heteroatoms. The zero-order valence-electron chi connectivity index (χ0n) is 19.5. The van der Waals surface area contributed by atoms with E-state index in [4.69, 9.17) is 9.47 Å². The molecule has 2 heterocycles. The Bertz CT molecular complexity index is 758. The number of halogens is 3. The van der Waals surface area contributed by atoms with E-state index < -0.39 is 18.3 Å². The number of nitrogens with one attached hydrogen (secondary N) is 1. The largest absolute Gasteiger partial charge is 0.444 e. The van der Waals surface area contributed by atoms with Crippen LogP contribution in [0.25, 0.3) is 0 Å². The van der Waals surface area contributed by atoms with Gasteiger partial charge in [-0.3, -0.25) is 4.68 Å². The van der Waals surface area contributed by atoms with Crippen molar-refractivity contribution >= 4 is 6.09 Å². The summed E-state index contributed by atoms with van der Waals surface area (Å²) >= 11 is 0. The normalized spacial score (nSPS) is 19.9. The van der Waals surface area contributed by atoms with Crippen LogP contribution in [0.1, 0.15) is 64.0 Å². The Kier molecular flexibility index (Phi) is 8.02. The lowest BCUT2D eigenvalue weighted by Gasteiger charge is -2.38. The van der Waals surface area contributed by atoms with Crippen LogP contribution in [0, 0.1) is 13.8 Å². The van der Waals surface area contributed by atoms with Gasteiger partial charge in [0.05, 0.1) is 24.9 Å². The molecule has 31 heavy (non-hydrogen) atoms. The smallest absolute Gasteiger partial charge is 0.410 e. The molecule has 0 aromatic carbocycles. The fourth-order valence-electron chi connectivity index (χ4n) is 4.06. The molecular weight excluding hydrogens is 413 g/mol. The average Bonchev–Trinajstić information content (AvgIpc) is 2.85. The summed E-state index contributed by atoms with van der Waals surface area (Å²) in [7, 11) is 0. The number of amides is 1. The van der Waals surface area contributed by atoms with Gasteiger partial charge in [-0.15, -0.1) is 0 Å². The van der Waals surface area contributed by atoms with Crippen molar-refractivity contribution in [1.82, 2.24) is 20.0 Å². The lowest BCUT2D eigenvalue weighted by Crippen LogP contribution is -2.52. The Morgan fingerprint density at radius 2 is 1.94 bits per heavy atom. The van der Waals surface area contributed by atoms with Crippen molar-refractivity contribution in [2.75, 3.05) is 19.8 Å². The van der Waals surface area contributed by atoms with Crippen LogP contribution in [-0.2, 0) is 16.0 Å². The first-order valence-corrected chi connectivity index (χ1v) is 10.6. The van der Waals surface area contributed by atoms with Crippen LogP contribution in [0.4, 0.5) is 18.0 Å². The van der Waals surface area contributed by atoms with Crippen LogP contribution in [-0.4, -0.2) is 64.4 Å². The third kappa shape index (κ3) is 7.38. The number of aromatic nitrogens is 2. The summed E-state index contributed by atoms with van der Waals surface area (Å²) in [4.78, 5) is 14.3. The molecule has 7 nitrogen and oxygen atoms in total. The number of aryl methyl sites for hydroxylation is 1. The summed E-state index contributed by atoms with van der Waals surface area (Å²) in [6, 6.07) is -0.360. The molecule has 178 valence electrons. The summed E-state index contributed by atoms with van der Waals surface area (Å²) in [5.74, 6) is 0. The van der Waals surface area contributed by atoms with Crippen molar-refractivity contribution < 1.29 is 27.4 Å². The molecule has 0 radical (unpaired) electrons. The van der Waals surface area contributed by atoms with Gasteiger partial charge in [-0.2, -0.15) is 18.3 Å². The molecule has 1 aliphatic rings. The SMILES string of the molecule is Cc1nn(CC(F)(F)F)c(C)c1[C@H](C)N[C@@H](C)C[C@H]1COCCN1C(=O)OC(C)(C)C. The van der Waals surface area contributed by atoms with Gasteiger partial charge in [0.15, 0.2) is 0 Å². The highest BCUT2D eigenvalue weighted by Crippen LogP contribution is 2.26. The van der Waals surface area contributed by atoms with Gasteiger partial charge in [0.25, 0.3) is 0 Å². The first-order valence-electron chi connectivity index (χ1n) is 10.6. The summed E-state index contributed by atoms with van der Waals surface area (Å²) in [6.07, 6.45) is -4.06. The van der Waals surface area contributed by atoms with Crippen molar-refractivity contribution in [3.8, 4) is 0 Å². The molecule has 1 aliphatic heterocycles. The highest BCUT2D eigenvalue weighted by molar-refractivity contribution is 5.68. The Labute approximate surface area is 182 Å². The predicted molar refractivity (Wildman–Crippen MR) is 111 cm³/mol. The minimum atomic E-state index is -4.32. The number of ether oxygens (including phenoxy) is 2. The van der Waals surface area contributed by atoms with Gasteiger partial charge >= 0.3 is 12.3 Å². The predicted octanol–water partition coefficient (Wildman–Crippen LogP) is 4.13. The molecule has 0 bridgehead atoms. The van der Waals surface area contributed by atoms with E-state index in [0.29, 0.717) is 37.6 Å². The highest BCUT2D eigenvalue weighted by atomic mass is 19.4. The van der Waals surface area contributed by atoms with Gasteiger partial charge in [-0.1, -0.05) is 0 Å². The molecular formula is C21H35F3N4O3. The number of morpholine rings is 1. The Morgan fingerprint density at radius 3 is 2.52 bits per heavy atom. The lowest BCUT2D eigenvalue weighted by atomic mass is 10.0. The van der Waals surface area contributed by atoms with Crippen molar-refractivity contribution in [2.24, 2.45) is 0 Å². The second-order valence-corrected chi connectivity index (χ2v) is 9.28. The maximum absolute atomic E-state index is 12.8. The lowest BCUT2D eigenvalue weighted by molar-refractivity contribution is -0.143. The third-order valence-electron chi connectivity index (χ3n) is 5.22. The Balaban J connectivity index is 2.04. The highest BCUT2D eigenvalue weighted by Gasteiger charge is 2.33. The number of carbonyl (C=O) groups is 1. The molecule has 1 N–H and O–H groups in total. The van der Waals surface area contributed by atoms with Crippen LogP contribution in [0.15, 0.2) is 0 Å². The van der Waals surface area contributed by atoms with Crippen molar-refractivity contribution in [2.45, 2.75) is 91.3 Å². The third-order valence-corrected chi connectivity index (χ3v) is 5.22. The maximum Gasteiger partial charge on any atom is 0.410 e. The molecule has 1 saturated heterocycles. The monoisotopic (exact) mass is 448 g/mol. The number of carbonyl (C=O) groups excluding carboxylic acids is 1. The quantitative estimate of drug-likeness (QED) is 0.709. The first kappa shape index (κ1) is 25.5. The summed E-state index contributed by atoms with van der Waals surface area (Å²) in [5, 5.41) is 7.52. The second kappa shape index (κ2) is 9.77. The van der Waals surface area contributed by atoms with Crippen LogP contribution in [0.2, 0.25) is 0 Å². The van der Waals surface area contributed by atoms with E-state index in [1.807, 2.05) is 34.6 Å². The number of hydrogen-bond acceptors (Lipinski definition) is 5. The zero-order valence-corrected chi connectivity index (χ0v) is 19.5. The number of rotatable bonds is 6. The van der Waals surface area contributed by atoms with Crippen molar-refractivity contribution in [1.29, 1.82) is 0 Å². The van der Waals surface area contributed by atoms with E-state index in [1.165, 1.54) is 0 Å². The summed E-state index contributed by atoms with van der Waals surface area (Å²) in [6.45, 7) is 13.0. The number of nitrogens with zero attached hydrogens (tertiary/aromatic N) is 3. The fourth-order valence-corrected chi connectivity index (χ4v) is 4.06. The molecule has 1 amide bonds. The maximum atomic E-state index is 12.8. The van der Waals surface area contributed by atoms with E-state index in [9.17, 15) is 18.0 Å². The molecule has 3 atom stereocenters. The second-order valence-electron chi connectivity index (χ2n) is 9.28. The standard InChI is InChI=1S/C21H35F3N4O3/c1-13(10-17-11-30-9-8-27(17)19(29)31-20(5,6)7)25-14(2)18-15(3)26-28(16(18)4)12-21(22,23)24/h13-14,17,25H,8-12H2,1-7H3/t13-,14-,17-/m0/s1. The topological polar surface area (TPSA) is 68.6 Å². The van der Waals surface area contributed by atoms with E-state index in [2.05, 4.69) is 10.4 Å². The minimum absolute atomic E-state index is 0.0172. The van der Waals surface area contributed by atoms with Crippen LogP contribution in [0.3, 0.4) is 0 Å². The number of alkyl halides is 3. The minimum Gasteiger partial charge on any atom is -0.444 e. The van der Waals surface area contributed by atoms with E-state index in [1.54, 1.807) is 18.7 Å². The van der Waals surface area contributed by atoms with Crippen LogP contribution in [0.5, 0.6) is 0 Å². The first-order chi connectivity index (χ1) is 14.2. The van der Waals surface area contributed by atoms with E-state index in [-0.39, 0.29) is 24.2 Å². The van der Waals surface area contributed by atoms with E-state index >= 15 is 0 Å². The molecule has 1 aromatic heterocycles. The molecule has 0 saturated carbocycles. The Hall–Kier alpha value is -1.81.